The molecule has 0 bridgehead atoms. The number of carboxylic acid groups (broad SMARTS) is 1. The summed E-state index contributed by atoms with van der Waals surface area (Å²) in [4.78, 5) is 22.5. The van der Waals surface area contributed by atoms with Gasteiger partial charge in [0.2, 0.25) is 0 Å². The van der Waals surface area contributed by atoms with Crippen LogP contribution in [-0.2, 0) is 11.2 Å². The van der Waals surface area contributed by atoms with Crippen molar-refractivity contribution < 1.29 is 24.2 Å². The number of carbonyl (C=O) groups is 2. The van der Waals surface area contributed by atoms with Crippen LogP contribution in [0.4, 0.5) is 0 Å². The minimum Gasteiger partial charge on any atom is -0.478 e. The first-order chi connectivity index (χ1) is 8.13. The summed E-state index contributed by atoms with van der Waals surface area (Å²) < 4.78 is 9.75. The molecule has 0 fully saturated rings. The third-order valence-electron chi connectivity index (χ3n) is 2.47. The van der Waals surface area contributed by atoms with Gasteiger partial charge in [-0.1, -0.05) is 0 Å². The van der Waals surface area contributed by atoms with Crippen LogP contribution in [0.2, 0.25) is 0 Å². The predicted octanol–water partition coefficient (Wildman–Crippen LogP) is 1.62. The van der Waals surface area contributed by atoms with Gasteiger partial charge in [-0.25, -0.2) is 9.59 Å². The first kappa shape index (κ1) is 11.2. The zero-order valence-corrected chi connectivity index (χ0v) is 9.10. The Morgan fingerprint density at radius 3 is 2.82 bits per heavy atom. The molecule has 0 radical (unpaired) electrons. The van der Waals surface area contributed by atoms with Crippen LogP contribution in [0.5, 0.6) is 5.75 Å². The highest BCUT2D eigenvalue weighted by Gasteiger charge is 2.20. The maximum absolute atomic E-state index is 11.4. The van der Waals surface area contributed by atoms with Gasteiger partial charge in [-0.15, -0.1) is 0 Å². The van der Waals surface area contributed by atoms with Crippen LogP contribution < -0.4 is 4.74 Å². The van der Waals surface area contributed by atoms with Gasteiger partial charge in [0.15, 0.2) is 0 Å². The van der Waals surface area contributed by atoms with Crippen LogP contribution in [0.15, 0.2) is 24.5 Å². The molecule has 17 heavy (non-hydrogen) atoms. The van der Waals surface area contributed by atoms with E-state index in [1.807, 2.05) is 0 Å². The Morgan fingerprint density at radius 2 is 2.18 bits per heavy atom. The molecule has 5 nitrogen and oxygen atoms in total. The van der Waals surface area contributed by atoms with Crippen molar-refractivity contribution in [3.63, 3.8) is 0 Å². The molecule has 0 saturated carbocycles. The number of rotatable bonds is 2. The van der Waals surface area contributed by atoms with Crippen molar-refractivity contribution in [2.45, 2.75) is 6.42 Å². The lowest BCUT2D eigenvalue weighted by atomic mass is 9.99. The van der Waals surface area contributed by atoms with Crippen molar-refractivity contribution in [2.75, 3.05) is 7.11 Å². The molecule has 5 heteroatoms. The highest BCUT2D eigenvalue weighted by molar-refractivity contribution is 5.96. The van der Waals surface area contributed by atoms with Crippen molar-refractivity contribution in [1.82, 2.24) is 0 Å². The molecule has 0 atom stereocenters. The summed E-state index contributed by atoms with van der Waals surface area (Å²) in [5, 5.41) is 9.09. The quantitative estimate of drug-likeness (QED) is 0.787. The van der Waals surface area contributed by atoms with Gasteiger partial charge < -0.3 is 14.6 Å². The van der Waals surface area contributed by atoms with E-state index in [0.717, 1.165) is 0 Å². The molecule has 1 aromatic carbocycles. The summed E-state index contributed by atoms with van der Waals surface area (Å²) in [5.41, 5.74) is 0.791. The van der Waals surface area contributed by atoms with Gasteiger partial charge in [-0.2, -0.15) is 0 Å². The van der Waals surface area contributed by atoms with E-state index < -0.39 is 11.9 Å². The molecule has 0 unspecified atom stereocenters. The lowest BCUT2D eigenvalue weighted by Gasteiger charge is -2.15. The van der Waals surface area contributed by atoms with Crippen LogP contribution in [-0.4, -0.2) is 24.2 Å². The summed E-state index contributed by atoms with van der Waals surface area (Å²) in [6, 6.07) is 2.78. The lowest BCUT2D eigenvalue weighted by Crippen LogP contribution is -2.10. The number of aromatic carboxylic acids is 1. The van der Waals surface area contributed by atoms with Gasteiger partial charge in [0.05, 0.1) is 24.5 Å². The van der Waals surface area contributed by atoms with Gasteiger partial charge in [-0.3, -0.25) is 0 Å². The van der Waals surface area contributed by atoms with E-state index in [4.69, 9.17) is 9.84 Å². The number of benzene rings is 1. The second-order valence-corrected chi connectivity index (χ2v) is 3.49. The van der Waals surface area contributed by atoms with Crippen LogP contribution >= 0.6 is 0 Å². The molecule has 2 rings (SSSR count). The molecule has 1 N–H and O–H groups in total. The van der Waals surface area contributed by atoms with E-state index in [1.165, 1.54) is 25.5 Å². The lowest BCUT2D eigenvalue weighted by molar-refractivity contribution is 0.0600. The molecular formula is C12H10O5. The Kier molecular flexibility index (Phi) is 2.82. The van der Waals surface area contributed by atoms with E-state index in [0.29, 0.717) is 17.7 Å². The third-order valence-corrected chi connectivity index (χ3v) is 2.47. The summed E-state index contributed by atoms with van der Waals surface area (Å²) in [5.74, 6) is -1.30. The monoisotopic (exact) mass is 234 g/mol. The molecule has 1 heterocycles. The van der Waals surface area contributed by atoms with Gasteiger partial charge in [0.25, 0.3) is 0 Å². The highest BCUT2D eigenvalue weighted by Crippen LogP contribution is 2.29. The topological polar surface area (TPSA) is 72.8 Å². The average Bonchev–Trinajstić information content (AvgIpc) is 2.36. The van der Waals surface area contributed by atoms with E-state index in [-0.39, 0.29) is 11.1 Å². The van der Waals surface area contributed by atoms with Gasteiger partial charge in [0, 0.05) is 5.56 Å². The number of hydrogen-bond acceptors (Lipinski definition) is 4. The Labute approximate surface area is 97.3 Å². The molecule has 1 aliphatic rings. The number of hydrogen-bond donors (Lipinski definition) is 1. The molecule has 88 valence electrons. The first-order valence-electron chi connectivity index (χ1n) is 4.93. The molecule has 1 aliphatic heterocycles. The minimum absolute atomic E-state index is 0.0623. The smallest absolute Gasteiger partial charge is 0.338 e. The molecule has 0 spiro atoms. The fraction of sp³-hybridized carbons (Fsp3) is 0.167. The SMILES string of the molecule is COC(=O)c1cc2c(c(C(=O)O)c1)CC=CO2. The minimum atomic E-state index is -1.09. The molecule has 0 amide bonds. The number of methoxy groups -OCH3 is 1. The van der Waals surface area contributed by atoms with Crippen molar-refractivity contribution in [2.24, 2.45) is 0 Å². The second-order valence-electron chi connectivity index (χ2n) is 3.49. The number of fused-ring (bicyclic) bond motifs is 1. The van der Waals surface area contributed by atoms with Crippen molar-refractivity contribution in [1.29, 1.82) is 0 Å². The molecular weight excluding hydrogens is 224 g/mol. The molecule has 0 saturated heterocycles. The van der Waals surface area contributed by atoms with E-state index in [9.17, 15) is 9.59 Å². The predicted molar refractivity (Wildman–Crippen MR) is 58.2 cm³/mol. The van der Waals surface area contributed by atoms with Gasteiger partial charge >= 0.3 is 11.9 Å². The summed E-state index contributed by atoms with van der Waals surface area (Å²) >= 11 is 0. The zero-order valence-electron chi connectivity index (χ0n) is 9.10. The number of ether oxygens (including phenoxy) is 2. The summed E-state index contributed by atoms with van der Waals surface area (Å²) in [7, 11) is 1.24. The van der Waals surface area contributed by atoms with Crippen LogP contribution in [0, 0.1) is 0 Å². The Bertz CT molecular complexity index is 516. The van der Waals surface area contributed by atoms with Crippen molar-refractivity contribution >= 4 is 11.9 Å². The number of allylic oxidation sites excluding steroid dienone is 1. The van der Waals surface area contributed by atoms with Gasteiger partial charge in [0.1, 0.15) is 5.75 Å². The fourth-order valence-electron chi connectivity index (χ4n) is 1.67. The normalized spacial score (nSPS) is 12.5. The van der Waals surface area contributed by atoms with Crippen LogP contribution in [0.1, 0.15) is 26.3 Å². The number of carboxylic acids is 1. The second kappa shape index (κ2) is 4.29. The highest BCUT2D eigenvalue weighted by atomic mass is 16.5. The maximum Gasteiger partial charge on any atom is 0.338 e. The van der Waals surface area contributed by atoms with Crippen molar-refractivity contribution in [3.8, 4) is 5.75 Å². The van der Waals surface area contributed by atoms with E-state index >= 15 is 0 Å². The fourth-order valence-corrected chi connectivity index (χ4v) is 1.67. The molecule has 1 aromatic rings. The largest absolute Gasteiger partial charge is 0.478 e. The van der Waals surface area contributed by atoms with E-state index in [2.05, 4.69) is 4.74 Å². The number of carbonyl (C=O) groups excluding carboxylic acids is 1. The third kappa shape index (κ3) is 1.99. The standard InChI is InChI=1S/C12H10O5/c1-16-12(15)7-5-9(11(13)14)8-3-2-4-17-10(8)6-7/h2,4-6H,3H2,1H3,(H,13,14). The molecule has 0 aliphatic carbocycles. The first-order valence-corrected chi connectivity index (χ1v) is 4.93. The molecule has 0 aromatic heterocycles. The Morgan fingerprint density at radius 1 is 1.41 bits per heavy atom. The average molecular weight is 234 g/mol. The van der Waals surface area contributed by atoms with Gasteiger partial charge in [-0.05, 0) is 24.6 Å². The summed E-state index contributed by atoms with van der Waals surface area (Å²) in [6.07, 6.45) is 3.65. The zero-order chi connectivity index (χ0) is 12.4. The summed E-state index contributed by atoms with van der Waals surface area (Å²) in [6.45, 7) is 0. The van der Waals surface area contributed by atoms with Crippen LogP contribution in [0.25, 0.3) is 0 Å². The van der Waals surface area contributed by atoms with E-state index in [1.54, 1.807) is 6.08 Å². The Balaban J connectivity index is 2.58. The van der Waals surface area contributed by atoms with Crippen LogP contribution in [0.3, 0.4) is 0 Å². The maximum atomic E-state index is 11.4. The van der Waals surface area contributed by atoms with Crippen molar-refractivity contribution in [3.05, 3.63) is 41.2 Å². The Hall–Kier alpha value is -2.30. The number of esters is 1.